The lowest BCUT2D eigenvalue weighted by atomic mass is 10.1. The Morgan fingerprint density at radius 2 is 2.26 bits per heavy atom. The molecule has 1 aromatic heterocycles. The topological polar surface area (TPSA) is 43.8 Å². The molecule has 0 fully saturated rings. The van der Waals surface area contributed by atoms with Crippen LogP contribution >= 0.6 is 27.5 Å². The molecule has 0 saturated carbocycles. The van der Waals surface area contributed by atoms with E-state index in [-0.39, 0.29) is 6.04 Å². The summed E-state index contributed by atoms with van der Waals surface area (Å²) in [7, 11) is 0. The summed E-state index contributed by atoms with van der Waals surface area (Å²) in [5.41, 5.74) is 8.17. The second-order valence-electron chi connectivity index (χ2n) is 4.65. The first-order chi connectivity index (χ1) is 9.08. The van der Waals surface area contributed by atoms with Crippen molar-refractivity contribution in [3.05, 3.63) is 51.2 Å². The van der Waals surface area contributed by atoms with Gasteiger partial charge in [-0.1, -0.05) is 40.5 Å². The predicted molar refractivity (Wildman–Crippen MR) is 82.5 cm³/mol. The maximum absolute atomic E-state index is 6.20. The zero-order chi connectivity index (χ0) is 13.8. The first kappa shape index (κ1) is 14.6. The van der Waals surface area contributed by atoms with Crippen LogP contribution in [0.1, 0.15) is 24.5 Å². The van der Waals surface area contributed by atoms with E-state index in [1.807, 2.05) is 35.3 Å². The molecule has 1 atom stereocenters. The maximum atomic E-state index is 6.20. The van der Waals surface area contributed by atoms with Gasteiger partial charge in [0.05, 0.1) is 12.7 Å². The van der Waals surface area contributed by atoms with E-state index in [1.165, 1.54) is 5.56 Å². The van der Waals surface area contributed by atoms with Gasteiger partial charge in [-0.25, -0.2) is 0 Å². The van der Waals surface area contributed by atoms with Crippen LogP contribution in [0.25, 0.3) is 0 Å². The molecule has 0 bridgehead atoms. The normalized spacial score (nSPS) is 12.6. The molecule has 1 unspecified atom stereocenters. The summed E-state index contributed by atoms with van der Waals surface area (Å²) in [6.07, 6.45) is 5.75. The predicted octanol–water partition coefficient (Wildman–Crippen LogP) is 3.63. The van der Waals surface area contributed by atoms with Crippen molar-refractivity contribution in [1.29, 1.82) is 0 Å². The lowest BCUT2D eigenvalue weighted by Gasteiger charge is -2.06. The van der Waals surface area contributed by atoms with E-state index in [4.69, 9.17) is 17.3 Å². The smallest absolute Gasteiger partial charge is 0.0674 e. The molecule has 1 aromatic carbocycles. The monoisotopic (exact) mass is 341 g/mol. The van der Waals surface area contributed by atoms with Gasteiger partial charge in [-0.2, -0.15) is 5.10 Å². The summed E-state index contributed by atoms with van der Waals surface area (Å²) in [5, 5.41) is 5.10. The largest absolute Gasteiger partial charge is 0.327 e. The van der Waals surface area contributed by atoms with Crippen LogP contribution in [-0.4, -0.2) is 15.8 Å². The van der Waals surface area contributed by atoms with Crippen molar-refractivity contribution in [3.8, 4) is 0 Å². The van der Waals surface area contributed by atoms with Crippen molar-refractivity contribution in [2.45, 2.75) is 32.4 Å². The number of hydrogen-bond donors (Lipinski definition) is 1. The summed E-state index contributed by atoms with van der Waals surface area (Å²) < 4.78 is 2.88. The Bertz CT molecular complexity index is 553. The summed E-state index contributed by atoms with van der Waals surface area (Å²) in [5.74, 6) is 0. The van der Waals surface area contributed by atoms with Crippen molar-refractivity contribution in [2.75, 3.05) is 0 Å². The van der Waals surface area contributed by atoms with E-state index in [0.29, 0.717) is 6.54 Å². The van der Waals surface area contributed by atoms with Gasteiger partial charge < -0.3 is 5.73 Å². The number of nitrogens with two attached hydrogens (primary N) is 1. The third kappa shape index (κ3) is 4.06. The van der Waals surface area contributed by atoms with E-state index in [1.54, 1.807) is 0 Å². The molecule has 2 aromatic rings. The zero-order valence-electron chi connectivity index (χ0n) is 10.8. The third-order valence-corrected chi connectivity index (χ3v) is 3.90. The lowest BCUT2D eigenvalue weighted by Crippen LogP contribution is -2.21. The minimum atomic E-state index is 0.203. The van der Waals surface area contributed by atoms with Gasteiger partial charge in [-0.05, 0) is 36.1 Å². The highest BCUT2D eigenvalue weighted by molar-refractivity contribution is 9.10. The fraction of sp³-hybridized carbons (Fsp3) is 0.357. The van der Waals surface area contributed by atoms with Gasteiger partial charge in [0.1, 0.15) is 0 Å². The van der Waals surface area contributed by atoms with Crippen LogP contribution in [0.5, 0.6) is 0 Å². The third-order valence-electron chi connectivity index (χ3n) is 3.06. The number of benzene rings is 1. The average Bonchev–Trinajstić information content (AvgIpc) is 2.80. The molecule has 0 saturated heterocycles. The van der Waals surface area contributed by atoms with Crippen molar-refractivity contribution >= 4 is 27.5 Å². The van der Waals surface area contributed by atoms with Gasteiger partial charge in [-0.3, -0.25) is 4.68 Å². The summed E-state index contributed by atoms with van der Waals surface area (Å²) in [6.45, 7) is 2.77. The fourth-order valence-corrected chi connectivity index (χ4v) is 2.60. The Kier molecular flexibility index (Phi) is 5.02. The molecule has 3 nitrogen and oxygen atoms in total. The minimum absolute atomic E-state index is 0.203. The lowest BCUT2D eigenvalue weighted by molar-refractivity contribution is 0.644. The standard InChI is InChI=1S/C14H17BrClN3/c1-2-13(17)5-10-7-18-19(8-10)9-11-3-4-12(15)6-14(11)16/h3-4,6-8,13H,2,5,9,17H2,1H3. The Morgan fingerprint density at radius 1 is 1.47 bits per heavy atom. The molecular weight excluding hydrogens is 326 g/mol. The molecule has 0 aliphatic heterocycles. The first-order valence-corrected chi connectivity index (χ1v) is 7.46. The number of halogens is 2. The molecule has 5 heteroatoms. The number of nitrogens with zero attached hydrogens (tertiary/aromatic N) is 2. The highest BCUT2D eigenvalue weighted by atomic mass is 79.9. The first-order valence-electron chi connectivity index (χ1n) is 6.29. The van der Waals surface area contributed by atoms with Crippen molar-refractivity contribution in [1.82, 2.24) is 9.78 Å². The van der Waals surface area contributed by atoms with Crippen LogP contribution in [0.2, 0.25) is 5.02 Å². The highest BCUT2D eigenvalue weighted by Crippen LogP contribution is 2.22. The maximum Gasteiger partial charge on any atom is 0.0674 e. The summed E-state index contributed by atoms with van der Waals surface area (Å²) in [6, 6.07) is 6.09. The minimum Gasteiger partial charge on any atom is -0.327 e. The molecule has 0 amide bonds. The fourth-order valence-electron chi connectivity index (χ4n) is 1.87. The van der Waals surface area contributed by atoms with Crippen LogP contribution in [0.4, 0.5) is 0 Å². The van der Waals surface area contributed by atoms with Crippen LogP contribution in [-0.2, 0) is 13.0 Å². The van der Waals surface area contributed by atoms with Gasteiger partial charge in [0.25, 0.3) is 0 Å². The van der Waals surface area contributed by atoms with Crippen molar-refractivity contribution in [2.24, 2.45) is 5.73 Å². The van der Waals surface area contributed by atoms with Crippen molar-refractivity contribution in [3.63, 3.8) is 0 Å². The zero-order valence-corrected chi connectivity index (χ0v) is 13.2. The van der Waals surface area contributed by atoms with Gasteiger partial charge in [0, 0.05) is 21.7 Å². The number of rotatable bonds is 5. The second-order valence-corrected chi connectivity index (χ2v) is 5.98. The van der Waals surface area contributed by atoms with Crippen molar-refractivity contribution < 1.29 is 0 Å². The molecule has 1 heterocycles. The summed E-state index contributed by atoms with van der Waals surface area (Å²) in [4.78, 5) is 0. The SMILES string of the molecule is CCC(N)Cc1cnn(Cc2ccc(Br)cc2Cl)c1. The van der Waals surface area contributed by atoms with Gasteiger partial charge in [0.2, 0.25) is 0 Å². The van der Waals surface area contributed by atoms with Crippen LogP contribution in [0.3, 0.4) is 0 Å². The average molecular weight is 343 g/mol. The molecule has 2 N–H and O–H groups in total. The molecule has 19 heavy (non-hydrogen) atoms. The molecule has 0 aliphatic carbocycles. The second kappa shape index (κ2) is 6.55. The van der Waals surface area contributed by atoms with Gasteiger partial charge >= 0.3 is 0 Å². The van der Waals surface area contributed by atoms with Gasteiger partial charge in [-0.15, -0.1) is 0 Å². The number of hydrogen-bond acceptors (Lipinski definition) is 2. The highest BCUT2D eigenvalue weighted by Gasteiger charge is 2.06. The van der Waals surface area contributed by atoms with E-state index >= 15 is 0 Å². The summed E-state index contributed by atoms with van der Waals surface area (Å²) >= 11 is 9.60. The molecule has 0 spiro atoms. The molecule has 0 aliphatic rings. The molecular formula is C14H17BrClN3. The molecule has 2 rings (SSSR count). The van der Waals surface area contributed by atoms with E-state index in [0.717, 1.165) is 27.9 Å². The quantitative estimate of drug-likeness (QED) is 0.902. The van der Waals surface area contributed by atoms with Crippen LogP contribution in [0, 0.1) is 0 Å². The molecule has 0 radical (unpaired) electrons. The van der Waals surface area contributed by atoms with E-state index < -0.39 is 0 Å². The Hall–Kier alpha value is -0.840. The Balaban J connectivity index is 2.07. The van der Waals surface area contributed by atoms with E-state index in [9.17, 15) is 0 Å². The van der Waals surface area contributed by atoms with Crippen LogP contribution < -0.4 is 5.73 Å². The van der Waals surface area contributed by atoms with Crippen LogP contribution in [0.15, 0.2) is 35.1 Å². The molecule has 102 valence electrons. The Labute approximate surface area is 126 Å². The van der Waals surface area contributed by atoms with E-state index in [2.05, 4.69) is 28.0 Å². The Morgan fingerprint density at radius 3 is 2.95 bits per heavy atom. The number of aromatic nitrogens is 2. The van der Waals surface area contributed by atoms with Gasteiger partial charge in [0.15, 0.2) is 0 Å².